The molecule has 1 N–H and O–H groups in total. The highest BCUT2D eigenvalue weighted by Gasteiger charge is 2.27. The lowest BCUT2D eigenvalue weighted by Crippen LogP contribution is -2.24. The molecule has 1 aromatic rings. The fraction of sp³-hybridized carbons (Fsp3) is 0.462. The van der Waals surface area contributed by atoms with E-state index in [4.69, 9.17) is 4.74 Å². The standard InChI is InChI=1S/C13H17NO5/c1-3-11(13(16)19-4-2)12(15)9-5-7-10(8-6-9)14(17)18/h5-8,11-12,15H,3-4H2,1-2H3/t11-,12+/m0/s1. The number of aliphatic hydroxyl groups is 1. The molecule has 0 saturated carbocycles. The van der Waals surface area contributed by atoms with E-state index in [1.807, 2.05) is 0 Å². The summed E-state index contributed by atoms with van der Waals surface area (Å²) in [6.45, 7) is 3.72. The molecule has 0 heterocycles. The Bertz CT molecular complexity index is 443. The molecule has 0 aliphatic rings. The van der Waals surface area contributed by atoms with Crippen LogP contribution in [0.15, 0.2) is 24.3 Å². The minimum atomic E-state index is -1.02. The van der Waals surface area contributed by atoms with E-state index < -0.39 is 22.9 Å². The summed E-state index contributed by atoms with van der Waals surface area (Å²) in [6.07, 6.45) is -0.596. The van der Waals surface area contributed by atoms with Crippen LogP contribution in [-0.2, 0) is 9.53 Å². The molecule has 0 aliphatic heterocycles. The van der Waals surface area contributed by atoms with Crippen molar-refractivity contribution in [3.63, 3.8) is 0 Å². The Morgan fingerprint density at radius 3 is 2.37 bits per heavy atom. The van der Waals surface area contributed by atoms with E-state index >= 15 is 0 Å². The first-order valence-electron chi connectivity index (χ1n) is 6.10. The van der Waals surface area contributed by atoms with E-state index in [9.17, 15) is 20.0 Å². The van der Waals surface area contributed by atoms with Crippen molar-refractivity contribution < 1.29 is 19.6 Å². The topological polar surface area (TPSA) is 89.7 Å². The zero-order valence-electron chi connectivity index (χ0n) is 10.9. The van der Waals surface area contributed by atoms with Gasteiger partial charge in [-0.1, -0.05) is 6.92 Å². The highest BCUT2D eigenvalue weighted by Crippen LogP contribution is 2.27. The molecule has 0 fully saturated rings. The average Bonchev–Trinajstić information content (AvgIpc) is 2.39. The number of aliphatic hydroxyl groups excluding tert-OH is 1. The lowest BCUT2D eigenvalue weighted by atomic mass is 9.93. The van der Waals surface area contributed by atoms with Gasteiger partial charge in [0.05, 0.1) is 23.6 Å². The molecular formula is C13H17NO5. The Morgan fingerprint density at radius 1 is 1.37 bits per heavy atom. The molecule has 0 radical (unpaired) electrons. The maximum atomic E-state index is 11.7. The first-order valence-corrected chi connectivity index (χ1v) is 6.10. The third-order valence-corrected chi connectivity index (χ3v) is 2.86. The third-order valence-electron chi connectivity index (χ3n) is 2.86. The monoisotopic (exact) mass is 267 g/mol. The molecular weight excluding hydrogens is 250 g/mol. The van der Waals surface area contributed by atoms with Gasteiger partial charge in [0.25, 0.3) is 5.69 Å². The number of carbonyl (C=O) groups excluding carboxylic acids is 1. The summed E-state index contributed by atoms with van der Waals surface area (Å²) in [5, 5.41) is 20.7. The van der Waals surface area contributed by atoms with Gasteiger partial charge in [-0.25, -0.2) is 0 Å². The van der Waals surface area contributed by atoms with Gasteiger partial charge in [-0.15, -0.1) is 0 Å². The van der Waals surface area contributed by atoms with Crippen LogP contribution in [0.1, 0.15) is 31.9 Å². The minimum Gasteiger partial charge on any atom is -0.466 e. The Kier molecular flexibility index (Phi) is 5.44. The van der Waals surface area contributed by atoms with Gasteiger partial charge in [0.15, 0.2) is 0 Å². The summed E-state index contributed by atoms with van der Waals surface area (Å²) in [7, 11) is 0. The number of non-ortho nitro benzene ring substituents is 1. The van der Waals surface area contributed by atoms with Gasteiger partial charge in [-0.3, -0.25) is 14.9 Å². The second-order valence-corrected chi connectivity index (χ2v) is 4.06. The lowest BCUT2D eigenvalue weighted by Gasteiger charge is -2.20. The SMILES string of the molecule is CCOC(=O)[C@@H](CC)[C@H](O)c1ccc([N+](=O)[O-])cc1. The molecule has 104 valence electrons. The van der Waals surface area contributed by atoms with Crippen molar-refractivity contribution in [1.29, 1.82) is 0 Å². The van der Waals surface area contributed by atoms with Crippen LogP contribution < -0.4 is 0 Å². The summed E-state index contributed by atoms with van der Waals surface area (Å²) in [4.78, 5) is 21.7. The Hall–Kier alpha value is -1.95. The highest BCUT2D eigenvalue weighted by atomic mass is 16.6. The molecule has 0 saturated heterocycles. The second-order valence-electron chi connectivity index (χ2n) is 4.06. The van der Waals surface area contributed by atoms with Crippen LogP contribution in [0.4, 0.5) is 5.69 Å². The summed E-state index contributed by atoms with van der Waals surface area (Å²) in [5.74, 6) is -1.13. The van der Waals surface area contributed by atoms with Crippen molar-refractivity contribution in [2.24, 2.45) is 5.92 Å². The first kappa shape index (κ1) is 15.1. The summed E-state index contributed by atoms with van der Waals surface area (Å²) < 4.78 is 4.89. The van der Waals surface area contributed by atoms with Crippen LogP contribution in [0.5, 0.6) is 0 Å². The summed E-state index contributed by atoms with van der Waals surface area (Å²) in [6, 6.07) is 5.50. The fourth-order valence-corrected chi connectivity index (χ4v) is 1.79. The Balaban J connectivity index is 2.88. The Labute approximate surface area is 111 Å². The van der Waals surface area contributed by atoms with E-state index in [1.165, 1.54) is 24.3 Å². The number of rotatable bonds is 6. The molecule has 0 aromatic heterocycles. The molecule has 6 heteroatoms. The maximum absolute atomic E-state index is 11.7. The molecule has 0 aliphatic carbocycles. The van der Waals surface area contributed by atoms with Gasteiger partial charge in [0.1, 0.15) is 0 Å². The highest BCUT2D eigenvalue weighted by molar-refractivity contribution is 5.73. The molecule has 0 unspecified atom stereocenters. The van der Waals surface area contributed by atoms with E-state index in [-0.39, 0.29) is 12.3 Å². The number of ether oxygens (including phenoxy) is 1. The van der Waals surface area contributed by atoms with Crippen molar-refractivity contribution in [3.8, 4) is 0 Å². The van der Waals surface area contributed by atoms with Gasteiger partial charge < -0.3 is 9.84 Å². The smallest absolute Gasteiger partial charge is 0.311 e. The first-order chi connectivity index (χ1) is 9.01. The predicted octanol–water partition coefficient (Wildman–Crippen LogP) is 2.22. The molecule has 2 atom stereocenters. The zero-order valence-corrected chi connectivity index (χ0v) is 10.9. The zero-order chi connectivity index (χ0) is 14.4. The van der Waals surface area contributed by atoms with E-state index in [0.717, 1.165) is 0 Å². The molecule has 1 rings (SSSR count). The van der Waals surface area contributed by atoms with Crippen LogP contribution in [0, 0.1) is 16.0 Å². The van der Waals surface area contributed by atoms with E-state index in [2.05, 4.69) is 0 Å². The van der Waals surface area contributed by atoms with Crippen LogP contribution in [0.2, 0.25) is 0 Å². The number of nitrogens with zero attached hydrogens (tertiary/aromatic N) is 1. The number of nitro groups is 1. The number of nitro benzene ring substituents is 1. The number of carbonyl (C=O) groups is 1. The van der Waals surface area contributed by atoms with Crippen molar-refractivity contribution in [1.82, 2.24) is 0 Å². The summed E-state index contributed by atoms with van der Waals surface area (Å²) in [5.41, 5.74) is 0.408. The molecule has 0 spiro atoms. The molecule has 1 aromatic carbocycles. The molecule has 0 bridgehead atoms. The number of hydrogen-bond acceptors (Lipinski definition) is 5. The largest absolute Gasteiger partial charge is 0.466 e. The Morgan fingerprint density at radius 2 is 1.95 bits per heavy atom. The van der Waals surface area contributed by atoms with Crippen molar-refractivity contribution in [3.05, 3.63) is 39.9 Å². The van der Waals surface area contributed by atoms with Crippen molar-refractivity contribution in [2.75, 3.05) is 6.61 Å². The number of hydrogen-bond donors (Lipinski definition) is 1. The normalized spacial score (nSPS) is 13.6. The van der Waals surface area contributed by atoms with Gasteiger partial charge in [0, 0.05) is 12.1 Å². The quantitative estimate of drug-likeness (QED) is 0.485. The van der Waals surface area contributed by atoms with E-state index in [1.54, 1.807) is 13.8 Å². The number of benzene rings is 1. The molecule has 6 nitrogen and oxygen atoms in total. The van der Waals surface area contributed by atoms with Crippen molar-refractivity contribution in [2.45, 2.75) is 26.4 Å². The fourth-order valence-electron chi connectivity index (χ4n) is 1.79. The minimum absolute atomic E-state index is 0.0554. The lowest BCUT2D eigenvalue weighted by molar-refractivity contribution is -0.384. The third kappa shape index (κ3) is 3.75. The van der Waals surface area contributed by atoms with E-state index in [0.29, 0.717) is 12.0 Å². The van der Waals surface area contributed by atoms with Crippen LogP contribution in [-0.4, -0.2) is 22.6 Å². The van der Waals surface area contributed by atoms with Gasteiger partial charge >= 0.3 is 5.97 Å². The average molecular weight is 267 g/mol. The van der Waals surface area contributed by atoms with Gasteiger partial charge in [-0.2, -0.15) is 0 Å². The maximum Gasteiger partial charge on any atom is 0.311 e. The van der Waals surface area contributed by atoms with Gasteiger partial charge in [-0.05, 0) is 31.0 Å². The van der Waals surface area contributed by atoms with Crippen LogP contribution in [0.25, 0.3) is 0 Å². The summed E-state index contributed by atoms with van der Waals surface area (Å²) >= 11 is 0. The van der Waals surface area contributed by atoms with Crippen LogP contribution >= 0.6 is 0 Å². The molecule has 19 heavy (non-hydrogen) atoms. The molecule has 0 amide bonds. The second kappa shape index (κ2) is 6.84. The number of esters is 1. The van der Waals surface area contributed by atoms with Gasteiger partial charge in [0.2, 0.25) is 0 Å². The predicted molar refractivity (Wildman–Crippen MR) is 68.5 cm³/mol. The van der Waals surface area contributed by atoms with Crippen LogP contribution in [0.3, 0.4) is 0 Å². The van der Waals surface area contributed by atoms with Crippen molar-refractivity contribution >= 4 is 11.7 Å².